The van der Waals surface area contributed by atoms with Crippen LogP contribution in [0.3, 0.4) is 0 Å². The Morgan fingerprint density at radius 3 is 2.50 bits per heavy atom. The lowest BCUT2D eigenvalue weighted by Gasteiger charge is -2.04. The SMILES string of the molecule is Cc1ccc(/C=C2\SC=C(c3ccc(F)cc3)N=NC2=N)c(C)c1. The molecule has 24 heavy (non-hydrogen) atoms. The van der Waals surface area contributed by atoms with Crippen molar-refractivity contribution < 1.29 is 4.39 Å². The monoisotopic (exact) mass is 337 g/mol. The number of nitrogens with zero attached hydrogens (tertiary/aromatic N) is 2. The third kappa shape index (κ3) is 3.68. The molecule has 1 aliphatic rings. The van der Waals surface area contributed by atoms with Gasteiger partial charge in [-0.2, -0.15) is 0 Å². The number of thioether (sulfide) groups is 1. The molecule has 2 aromatic carbocycles. The minimum Gasteiger partial charge on any atom is -0.280 e. The highest BCUT2D eigenvalue weighted by molar-refractivity contribution is 8.07. The number of aryl methyl sites for hydroxylation is 2. The van der Waals surface area contributed by atoms with Crippen molar-refractivity contribution in [2.75, 3.05) is 0 Å². The zero-order valence-electron chi connectivity index (χ0n) is 13.4. The Kier molecular flexibility index (Phi) is 4.71. The topological polar surface area (TPSA) is 48.6 Å². The third-order valence-electron chi connectivity index (χ3n) is 3.64. The summed E-state index contributed by atoms with van der Waals surface area (Å²) in [5, 5.41) is 18.0. The van der Waals surface area contributed by atoms with E-state index in [-0.39, 0.29) is 11.7 Å². The highest BCUT2D eigenvalue weighted by Gasteiger charge is 2.12. The number of hydrogen-bond acceptors (Lipinski definition) is 3. The molecule has 1 heterocycles. The summed E-state index contributed by atoms with van der Waals surface area (Å²) < 4.78 is 13.0. The van der Waals surface area contributed by atoms with Crippen LogP contribution in [0.2, 0.25) is 0 Å². The predicted molar refractivity (Wildman–Crippen MR) is 98.4 cm³/mol. The van der Waals surface area contributed by atoms with E-state index in [1.807, 2.05) is 30.5 Å². The first kappa shape index (κ1) is 16.3. The summed E-state index contributed by atoms with van der Waals surface area (Å²) in [6, 6.07) is 12.3. The van der Waals surface area contributed by atoms with Gasteiger partial charge in [0.2, 0.25) is 0 Å². The van der Waals surface area contributed by atoms with Gasteiger partial charge in [0, 0.05) is 11.0 Å². The molecule has 0 unspecified atom stereocenters. The van der Waals surface area contributed by atoms with Crippen molar-refractivity contribution in [1.82, 2.24) is 0 Å². The molecule has 0 atom stereocenters. The van der Waals surface area contributed by atoms with E-state index >= 15 is 0 Å². The first-order chi connectivity index (χ1) is 11.5. The fraction of sp³-hybridized carbons (Fsp3) is 0.105. The molecule has 3 rings (SSSR count). The van der Waals surface area contributed by atoms with Gasteiger partial charge in [0.25, 0.3) is 0 Å². The van der Waals surface area contributed by atoms with Crippen LogP contribution in [0.4, 0.5) is 4.39 Å². The molecular formula is C19H16FN3S. The standard InChI is InChI=1S/C19H16FN3S/c1-12-3-4-15(13(2)9-12)10-18-19(21)23-22-17(11-24-18)14-5-7-16(20)8-6-14/h3-11,21H,1-2H3/b18-10-,21-19?. The van der Waals surface area contributed by atoms with Crippen molar-refractivity contribution in [2.24, 2.45) is 10.2 Å². The van der Waals surface area contributed by atoms with Crippen molar-refractivity contribution in [3.05, 3.63) is 80.8 Å². The van der Waals surface area contributed by atoms with E-state index in [2.05, 4.69) is 23.2 Å². The van der Waals surface area contributed by atoms with E-state index < -0.39 is 0 Å². The van der Waals surface area contributed by atoms with E-state index in [4.69, 9.17) is 5.41 Å². The van der Waals surface area contributed by atoms with E-state index in [9.17, 15) is 4.39 Å². The van der Waals surface area contributed by atoms with Gasteiger partial charge in [0.05, 0.1) is 10.6 Å². The van der Waals surface area contributed by atoms with Crippen molar-refractivity contribution in [2.45, 2.75) is 13.8 Å². The number of hydrogen-bond donors (Lipinski definition) is 1. The van der Waals surface area contributed by atoms with Gasteiger partial charge in [-0.1, -0.05) is 35.5 Å². The first-order valence-corrected chi connectivity index (χ1v) is 8.33. The number of amidine groups is 1. The Morgan fingerprint density at radius 2 is 1.79 bits per heavy atom. The van der Waals surface area contributed by atoms with Gasteiger partial charge in [0.1, 0.15) is 5.82 Å². The van der Waals surface area contributed by atoms with Crippen molar-refractivity contribution in [3.8, 4) is 0 Å². The van der Waals surface area contributed by atoms with E-state index in [0.717, 1.165) is 21.6 Å². The number of azo groups is 1. The smallest absolute Gasteiger partial charge is 0.181 e. The second-order valence-electron chi connectivity index (χ2n) is 5.55. The molecule has 0 amide bonds. The second-order valence-corrected chi connectivity index (χ2v) is 6.46. The first-order valence-electron chi connectivity index (χ1n) is 7.45. The minimum atomic E-state index is -0.291. The third-order valence-corrected chi connectivity index (χ3v) is 4.55. The number of nitrogens with one attached hydrogen (secondary N) is 1. The van der Waals surface area contributed by atoms with Crippen LogP contribution in [-0.2, 0) is 0 Å². The van der Waals surface area contributed by atoms with Crippen molar-refractivity contribution in [1.29, 1.82) is 5.41 Å². The molecule has 1 aliphatic heterocycles. The Balaban J connectivity index is 1.92. The lowest BCUT2D eigenvalue weighted by molar-refractivity contribution is 0.627. The largest absolute Gasteiger partial charge is 0.280 e. The molecule has 0 fully saturated rings. The lowest BCUT2D eigenvalue weighted by atomic mass is 10.1. The van der Waals surface area contributed by atoms with Crippen molar-refractivity contribution >= 4 is 29.4 Å². The maximum atomic E-state index is 13.0. The predicted octanol–water partition coefficient (Wildman–Crippen LogP) is 5.96. The van der Waals surface area contributed by atoms with Gasteiger partial charge >= 0.3 is 0 Å². The molecule has 2 aromatic rings. The fourth-order valence-electron chi connectivity index (χ4n) is 2.33. The number of halogens is 1. The average Bonchev–Trinajstić information content (AvgIpc) is 2.73. The van der Waals surface area contributed by atoms with Crippen LogP contribution >= 0.6 is 11.8 Å². The minimum absolute atomic E-state index is 0.119. The summed E-state index contributed by atoms with van der Waals surface area (Å²) in [6.45, 7) is 4.10. The molecule has 0 aromatic heterocycles. The van der Waals surface area contributed by atoms with Gasteiger partial charge in [-0.05, 0) is 55.3 Å². The number of benzene rings is 2. The van der Waals surface area contributed by atoms with Crippen LogP contribution in [0.1, 0.15) is 22.3 Å². The summed E-state index contributed by atoms with van der Waals surface area (Å²) in [4.78, 5) is 0.725. The molecule has 0 aliphatic carbocycles. The van der Waals surface area contributed by atoms with E-state index in [1.54, 1.807) is 12.1 Å². The van der Waals surface area contributed by atoms with Crippen LogP contribution in [0.5, 0.6) is 0 Å². The molecule has 3 nitrogen and oxygen atoms in total. The summed E-state index contributed by atoms with van der Waals surface area (Å²) >= 11 is 1.40. The van der Waals surface area contributed by atoms with E-state index in [1.165, 1.54) is 29.5 Å². The van der Waals surface area contributed by atoms with Crippen LogP contribution in [0, 0.1) is 25.1 Å². The quantitative estimate of drug-likeness (QED) is 0.722. The molecule has 5 heteroatoms. The van der Waals surface area contributed by atoms with E-state index in [0.29, 0.717) is 5.70 Å². The number of rotatable bonds is 2. The summed E-state index contributed by atoms with van der Waals surface area (Å²) in [7, 11) is 0. The Bertz CT molecular complexity index is 880. The lowest BCUT2D eigenvalue weighted by Crippen LogP contribution is -1.92. The van der Waals surface area contributed by atoms with Gasteiger partial charge in [0.15, 0.2) is 5.84 Å². The molecule has 0 saturated heterocycles. The normalized spacial score (nSPS) is 16.2. The zero-order valence-corrected chi connectivity index (χ0v) is 14.2. The maximum Gasteiger partial charge on any atom is 0.181 e. The van der Waals surface area contributed by atoms with Gasteiger partial charge in [-0.25, -0.2) is 4.39 Å². The van der Waals surface area contributed by atoms with Gasteiger partial charge in [-0.3, -0.25) is 5.41 Å². The van der Waals surface area contributed by atoms with Gasteiger partial charge < -0.3 is 0 Å². The summed E-state index contributed by atoms with van der Waals surface area (Å²) in [6.07, 6.45) is 1.95. The highest BCUT2D eigenvalue weighted by Crippen LogP contribution is 2.31. The van der Waals surface area contributed by atoms with Crippen LogP contribution in [0.15, 0.2) is 63.0 Å². The molecule has 0 spiro atoms. The highest BCUT2D eigenvalue weighted by atomic mass is 32.2. The molecular weight excluding hydrogens is 321 g/mol. The van der Waals surface area contributed by atoms with Crippen LogP contribution in [-0.4, -0.2) is 5.84 Å². The Hall–Kier alpha value is -2.53. The Morgan fingerprint density at radius 1 is 1.04 bits per heavy atom. The average molecular weight is 337 g/mol. The zero-order chi connectivity index (χ0) is 17.1. The summed E-state index contributed by atoms with van der Waals surface area (Å²) in [5.74, 6) is -0.172. The molecule has 0 saturated carbocycles. The fourth-order valence-corrected chi connectivity index (χ4v) is 3.10. The second kappa shape index (κ2) is 6.93. The molecule has 1 N–H and O–H groups in total. The van der Waals surface area contributed by atoms with Crippen molar-refractivity contribution in [3.63, 3.8) is 0 Å². The Labute approximate surface area is 144 Å². The van der Waals surface area contributed by atoms with Crippen LogP contribution < -0.4 is 0 Å². The molecule has 120 valence electrons. The van der Waals surface area contributed by atoms with Gasteiger partial charge in [-0.15, -0.1) is 10.2 Å². The molecule has 0 radical (unpaired) electrons. The molecule has 0 bridgehead atoms. The maximum absolute atomic E-state index is 13.0. The van der Waals surface area contributed by atoms with Crippen LogP contribution in [0.25, 0.3) is 11.8 Å². The summed E-state index contributed by atoms with van der Waals surface area (Å²) in [5.41, 5.74) is 4.81.